The predicted molar refractivity (Wildman–Crippen MR) is 176 cm³/mol. The van der Waals surface area contributed by atoms with Gasteiger partial charge in [-0.15, -0.1) is 0 Å². The molecule has 0 aliphatic heterocycles. The average Bonchev–Trinajstić information content (AvgIpc) is 2.94. The molecule has 0 aliphatic carbocycles. The van der Waals surface area contributed by atoms with E-state index in [1.165, 1.54) is 12.1 Å². The van der Waals surface area contributed by atoms with Gasteiger partial charge in [-0.2, -0.15) is 0 Å². The Balaban J connectivity index is 0.00000423. The molecule has 0 amide bonds. The van der Waals surface area contributed by atoms with Crippen molar-refractivity contribution in [2.24, 2.45) is 0 Å². The van der Waals surface area contributed by atoms with Crippen LogP contribution in [0.3, 0.4) is 0 Å². The van der Waals surface area contributed by atoms with Crippen LogP contribution in [0.5, 0.6) is 46.0 Å². The summed E-state index contributed by atoms with van der Waals surface area (Å²) in [6.45, 7) is 0. The van der Waals surface area contributed by atoms with Crippen molar-refractivity contribution in [2.45, 2.75) is 0 Å². The highest BCUT2D eigenvalue weighted by molar-refractivity contribution is 6.40. The molecule has 0 atom stereocenters. The first-order chi connectivity index (χ1) is 20.1. The molecule has 0 unspecified atom stereocenters. The summed E-state index contributed by atoms with van der Waals surface area (Å²) in [5.74, 6) is 0.671. The van der Waals surface area contributed by atoms with Crippen molar-refractivity contribution in [2.75, 3.05) is 0 Å². The van der Waals surface area contributed by atoms with E-state index in [9.17, 15) is 0 Å². The quantitative estimate of drug-likeness (QED) is 0.159. The van der Waals surface area contributed by atoms with Crippen LogP contribution in [0.1, 0.15) is 0 Å². The van der Waals surface area contributed by atoms with Gasteiger partial charge in [-0.25, -0.2) is 0 Å². The fourth-order valence-corrected chi connectivity index (χ4v) is 5.46. The van der Waals surface area contributed by atoms with Crippen molar-refractivity contribution in [3.63, 3.8) is 0 Å². The fraction of sp³-hybridized carbons (Fsp3) is 0. The number of hydrogen-bond donors (Lipinski definition) is 0. The topological polar surface area (TPSA) is 68.4 Å². The largest absolute Gasteiger partial charge is 0.454 e. The van der Waals surface area contributed by atoms with E-state index < -0.39 is 0 Å². The van der Waals surface area contributed by atoms with Crippen molar-refractivity contribution in [3.8, 4) is 46.0 Å². The van der Waals surface area contributed by atoms with Crippen LogP contribution in [0.2, 0.25) is 40.2 Å². The van der Waals surface area contributed by atoms with Gasteiger partial charge in [-0.3, -0.25) is 0 Å². The molecule has 0 radical (unpaired) electrons. The Labute approximate surface area is 286 Å². The van der Waals surface area contributed by atoms with Crippen LogP contribution >= 0.6 is 92.8 Å². The van der Waals surface area contributed by atoms with Crippen molar-refractivity contribution >= 4 is 92.8 Å². The monoisotopic (exact) mass is 736 g/mol. The summed E-state index contributed by atoms with van der Waals surface area (Å²) in [4.78, 5) is 0. The summed E-state index contributed by atoms with van der Waals surface area (Å²) < 4.78 is 24.8. The Morgan fingerprint density at radius 2 is 0.907 bits per heavy atom. The number of hydrogen-bond acceptors (Lipinski definition) is 4. The molecular weight excluding hydrogens is 724 g/mol. The zero-order chi connectivity index (χ0) is 30.0. The minimum Gasteiger partial charge on any atom is -0.454 e. The van der Waals surface area contributed by atoms with E-state index in [0.717, 1.165) is 0 Å². The van der Waals surface area contributed by atoms with Gasteiger partial charge >= 0.3 is 0 Å². The second kappa shape index (κ2) is 14.6. The van der Waals surface area contributed by atoms with Gasteiger partial charge in [0.2, 0.25) is 5.75 Å². The summed E-state index contributed by atoms with van der Waals surface area (Å²) in [7, 11) is 0. The Morgan fingerprint density at radius 3 is 1.51 bits per heavy atom. The molecule has 5 aromatic carbocycles. The SMILES string of the molecule is Clc1ccc(Oc2c(Oc3ccccc3Cl)c(Cl)c(Oc3cc(Cl)cc(Cl)c3)c(Cl)c2Oc2c(Cl)cccc2Cl)cc1.O. The minimum absolute atomic E-state index is 0. The summed E-state index contributed by atoms with van der Waals surface area (Å²) in [6.07, 6.45) is 0. The third kappa shape index (κ3) is 7.81. The Morgan fingerprint density at radius 1 is 0.372 bits per heavy atom. The van der Waals surface area contributed by atoms with E-state index in [1.807, 2.05) is 0 Å². The maximum atomic E-state index is 6.93. The van der Waals surface area contributed by atoms with Crippen LogP contribution in [-0.2, 0) is 0 Å². The minimum atomic E-state index is -0.109. The maximum absolute atomic E-state index is 6.93. The standard InChI is InChI=1S/C30H14Cl8O4.H2O/c31-15-8-10-18(11-9-15)39-30-28(41-23-7-2-1-4-20(23)34)24(37)27(40-19-13-16(32)12-17(33)14-19)25(38)29(30)42-26-21(35)5-3-6-22(26)36;/h1-14H;1H2. The van der Waals surface area contributed by atoms with E-state index in [4.69, 9.17) is 112 Å². The highest BCUT2D eigenvalue weighted by Crippen LogP contribution is 2.59. The van der Waals surface area contributed by atoms with Crippen molar-refractivity contribution in [1.29, 1.82) is 0 Å². The van der Waals surface area contributed by atoms with Crippen LogP contribution in [-0.4, -0.2) is 5.48 Å². The Kier molecular flexibility index (Phi) is 11.3. The van der Waals surface area contributed by atoms with Gasteiger partial charge in [0.25, 0.3) is 0 Å². The molecule has 5 nitrogen and oxygen atoms in total. The number of para-hydroxylation sites is 2. The fourth-order valence-electron chi connectivity index (χ4n) is 3.62. The molecule has 0 aromatic heterocycles. The van der Waals surface area contributed by atoms with E-state index in [0.29, 0.717) is 25.8 Å². The van der Waals surface area contributed by atoms with Crippen molar-refractivity contribution in [3.05, 3.63) is 125 Å². The van der Waals surface area contributed by atoms with Crippen LogP contribution in [0.15, 0.2) is 84.9 Å². The van der Waals surface area contributed by atoms with Gasteiger partial charge < -0.3 is 24.4 Å². The summed E-state index contributed by atoms with van der Waals surface area (Å²) in [5, 5.41) is 1.63. The molecule has 5 rings (SSSR count). The molecule has 0 bridgehead atoms. The predicted octanol–water partition coefficient (Wildman–Crippen LogP) is 13.3. The lowest BCUT2D eigenvalue weighted by Gasteiger charge is -2.22. The van der Waals surface area contributed by atoms with E-state index in [1.54, 1.807) is 72.8 Å². The van der Waals surface area contributed by atoms with E-state index >= 15 is 0 Å². The van der Waals surface area contributed by atoms with Crippen LogP contribution in [0.25, 0.3) is 0 Å². The second-order valence-corrected chi connectivity index (χ2v) is 11.7. The maximum Gasteiger partial charge on any atom is 0.215 e. The molecular formula is C30H16Cl8O5. The lowest BCUT2D eigenvalue weighted by molar-refractivity contribution is 0.380. The average molecular weight is 740 g/mol. The molecule has 0 saturated heterocycles. The van der Waals surface area contributed by atoms with E-state index in [2.05, 4.69) is 0 Å². The first-order valence-corrected chi connectivity index (χ1v) is 14.8. The third-order valence-corrected chi connectivity index (χ3v) is 7.75. The van der Waals surface area contributed by atoms with Crippen molar-refractivity contribution in [1.82, 2.24) is 0 Å². The molecule has 0 fully saturated rings. The number of rotatable bonds is 8. The number of benzene rings is 5. The highest BCUT2D eigenvalue weighted by Gasteiger charge is 2.31. The van der Waals surface area contributed by atoms with Crippen LogP contribution in [0, 0.1) is 0 Å². The number of ether oxygens (including phenoxy) is 4. The van der Waals surface area contributed by atoms with Crippen molar-refractivity contribution < 1.29 is 24.4 Å². The molecule has 222 valence electrons. The first kappa shape index (κ1) is 33.5. The lowest BCUT2D eigenvalue weighted by Crippen LogP contribution is -2.00. The van der Waals surface area contributed by atoms with Gasteiger partial charge in [0.05, 0.1) is 15.1 Å². The normalized spacial score (nSPS) is 10.6. The van der Waals surface area contributed by atoms with Gasteiger partial charge in [-0.1, -0.05) is 111 Å². The summed E-state index contributed by atoms with van der Waals surface area (Å²) >= 11 is 51.7. The first-order valence-electron chi connectivity index (χ1n) is 11.8. The zero-order valence-electron chi connectivity index (χ0n) is 21.2. The molecule has 0 aliphatic rings. The van der Waals surface area contributed by atoms with Gasteiger partial charge in [0.15, 0.2) is 23.0 Å². The second-order valence-electron chi connectivity index (χ2n) is 8.39. The molecule has 0 spiro atoms. The molecule has 0 heterocycles. The summed E-state index contributed by atoms with van der Waals surface area (Å²) in [6, 6.07) is 22.8. The zero-order valence-corrected chi connectivity index (χ0v) is 27.3. The molecule has 43 heavy (non-hydrogen) atoms. The molecule has 2 N–H and O–H groups in total. The van der Waals surface area contributed by atoms with Gasteiger partial charge in [-0.05, 0) is 66.7 Å². The molecule has 5 aromatic rings. The molecule has 13 heteroatoms. The highest BCUT2D eigenvalue weighted by atomic mass is 35.5. The van der Waals surface area contributed by atoms with Gasteiger partial charge in [0, 0.05) is 15.1 Å². The van der Waals surface area contributed by atoms with E-state index in [-0.39, 0.29) is 65.8 Å². The Bertz CT molecular complexity index is 1740. The lowest BCUT2D eigenvalue weighted by atomic mass is 10.2. The summed E-state index contributed by atoms with van der Waals surface area (Å²) in [5.41, 5.74) is 0. The van der Waals surface area contributed by atoms with Crippen LogP contribution < -0.4 is 18.9 Å². The Hall–Kier alpha value is -2.42. The van der Waals surface area contributed by atoms with Crippen LogP contribution in [0.4, 0.5) is 0 Å². The third-order valence-electron chi connectivity index (χ3n) is 5.47. The number of halogens is 8. The smallest absolute Gasteiger partial charge is 0.215 e. The molecule has 0 saturated carbocycles. The van der Waals surface area contributed by atoms with Gasteiger partial charge in [0.1, 0.15) is 27.3 Å².